The molecule has 0 fully saturated rings. The molecule has 0 radical (unpaired) electrons. The Kier molecular flexibility index (Phi) is 9.45. The minimum atomic E-state index is -4.94. The van der Waals surface area contributed by atoms with Gasteiger partial charge in [-0.05, 0) is 35.7 Å². The van der Waals surface area contributed by atoms with E-state index in [1.807, 2.05) is 62.2 Å². The molecule has 0 saturated heterocycles. The molecule has 27 heavy (non-hydrogen) atoms. The lowest BCUT2D eigenvalue weighted by molar-refractivity contribution is -2.00. The van der Waals surface area contributed by atoms with Crippen LogP contribution in [0, 0.1) is 10.2 Å². The fourth-order valence-corrected chi connectivity index (χ4v) is 2.23. The van der Waals surface area contributed by atoms with Crippen molar-refractivity contribution in [3.05, 3.63) is 60.2 Å². The van der Waals surface area contributed by atoms with Gasteiger partial charge in [-0.25, -0.2) is 23.2 Å². The van der Waals surface area contributed by atoms with E-state index in [0.29, 0.717) is 6.61 Å². The highest BCUT2D eigenvalue weighted by Crippen LogP contribution is 2.25. The minimum Gasteiger partial charge on any atom is -0.494 e. The normalized spacial score (nSPS) is 11.3. The van der Waals surface area contributed by atoms with Crippen molar-refractivity contribution in [2.75, 3.05) is 20.7 Å². The van der Waals surface area contributed by atoms with Crippen LogP contribution in [-0.2, 0) is 0 Å². The Balaban J connectivity index is 0.000000646. The van der Waals surface area contributed by atoms with Gasteiger partial charge in [0.15, 0.2) is 6.21 Å². The molecule has 2 rings (SSSR count). The average Bonchev–Trinajstić information content (AvgIpc) is 2.59. The molecule has 146 valence electrons. The summed E-state index contributed by atoms with van der Waals surface area (Å²) in [5, 5.41) is 0.729. The number of halogens is 2. The third-order valence-corrected chi connectivity index (χ3v) is 3.52. The van der Waals surface area contributed by atoms with Crippen molar-refractivity contribution in [3.63, 3.8) is 0 Å². The third-order valence-electron chi connectivity index (χ3n) is 3.18. The van der Waals surface area contributed by atoms with Crippen LogP contribution in [-0.4, -0.2) is 31.5 Å². The van der Waals surface area contributed by atoms with Crippen LogP contribution in [0.1, 0.15) is 12.5 Å². The van der Waals surface area contributed by atoms with Crippen molar-refractivity contribution in [3.8, 4) is 16.9 Å². The van der Waals surface area contributed by atoms with Crippen LogP contribution in [0.15, 0.2) is 54.6 Å². The summed E-state index contributed by atoms with van der Waals surface area (Å²) in [7, 11) is -1.01. The van der Waals surface area contributed by atoms with Gasteiger partial charge in [-0.3, -0.25) is 0 Å². The smallest absolute Gasteiger partial charge is 0.164 e. The van der Waals surface area contributed by atoms with E-state index in [2.05, 4.69) is 24.3 Å². The molecule has 2 aromatic rings. The van der Waals surface area contributed by atoms with E-state index in [1.54, 1.807) is 0 Å². The molecule has 0 heterocycles. The Morgan fingerprint density at radius 1 is 0.963 bits per heavy atom. The van der Waals surface area contributed by atoms with Gasteiger partial charge in [0.1, 0.15) is 19.8 Å². The van der Waals surface area contributed by atoms with Gasteiger partial charge in [0, 0.05) is 6.08 Å². The second-order valence-corrected chi connectivity index (χ2v) is 6.70. The van der Waals surface area contributed by atoms with Gasteiger partial charge in [-0.15, -0.1) is 10.2 Å². The number of allylic oxidation sites excluding steroid dienone is 1. The minimum absolute atomic E-state index is 0.683. The number of ether oxygens (including phenoxy) is 1. The highest BCUT2D eigenvalue weighted by molar-refractivity contribution is 6.49. The molecule has 6 nitrogen and oxygen atoms in total. The molecule has 2 aromatic carbocycles. The Labute approximate surface area is 166 Å². The number of hydrogen-bond donors (Lipinski definition) is 0. The maximum absolute atomic E-state index is 8.49. The highest BCUT2D eigenvalue weighted by Gasteiger charge is 2.02. The SMILES string of the molecule is CCOc1ccc(-c2ccc(/C(Cl)=C/C=[N+](C)C)cc2)cc1.[O-][Cl+3]([O-])([O-])[O-]. The Morgan fingerprint density at radius 2 is 1.41 bits per heavy atom. The van der Waals surface area contributed by atoms with E-state index in [0.717, 1.165) is 27.5 Å². The lowest BCUT2D eigenvalue weighted by Gasteiger charge is -2.17. The van der Waals surface area contributed by atoms with Crippen LogP contribution in [0.4, 0.5) is 0 Å². The largest absolute Gasteiger partial charge is 0.494 e. The van der Waals surface area contributed by atoms with Crippen LogP contribution >= 0.6 is 11.6 Å². The van der Waals surface area contributed by atoms with Gasteiger partial charge in [0.2, 0.25) is 0 Å². The number of hydrogen-bond acceptors (Lipinski definition) is 5. The molecule has 0 bridgehead atoms. The summed E-state index contributed by atoms with van der Waals surface area (Å²) in [5.41, 5.74) is 3.33. The van der Waals surface area contributed by atoms with E-state index in [4.69, 9.17) is 35.0 Å². The van der Waals surface area contributed by atoms with Gasteiger partial charge in [-0.2, -0.15) is 0 Å². The molecular formula is C19H21Cl2NO5. The van der Waals surface area contributed by atoms with Gasteiger partial charge >= 0.3 is 0 Å². The molecule has 8 heteroatoms. The predicted molar refractivity (Wildman–Crippen MR) is 95.0 cm³/mol. The molecule has 0 aliphatic carbocycles. The maximum Gasteiger partial charge on any atom is 0.164 e. The van der Waals surface area contributed by atoms with E-state index in [-0.39, 0.29) is 0 Å². The summed E-state index contributed by atoms with van der Waals surface area (Å²) in [5.74, 6) is 0.896. The van der Waals surface area contributed by atoms with E-state index in [9.17, 15) is 0 Å². The summed E-state index contributed by atoms with van der Waals surface area (Å²) in [4.78, 5) is 0. The Bertz CT molecular complexity index is 756. The molecule has 0 spiro atoms. The zero-order chi connectivity index (χ0) is 20.4. The summed E-state index contributed by atoms with van der Waals surface area (Å²) in [6.45, 7) is 2.67. The van der Waals surface area contributed by atoms with Gasteiger partial charge in [0.25, 0.3) is 0 Å². The quantitative estimate of drug-likeness (QED) is 0.503. The standard InChI is InChI=1S/C19H21ClNO.ClHO4/c1-4-22-18-11-9-16(10-12-18)15-5-7-17(8-6-15)19(20)13-14-21(2)3;2-1(3,4)5/h5-14H,4H2,1-3H3;(H,2,3,4,5)/q+1;/p-1/b19-13-;. The van der Waals surface area contributed by atoms with Crippen LogP contribution in [0.2, 0.25) is 0 Å². The van der Waals surface area contributed by atoms with Crippen LogP contribution < -0.4 is 23.4 Å². The van der Waals surface area contributed by atoms with Crippen molar-refractivity contribution in [1.29, 1.82) is 0 Å². The second-order valence-electron chi connectivity index (χ2n) is 5.54. The summed E-state index contributed by atoms with van der Waals surface area (Å²) < 4.78 is 41.4. The second kappa shape index (κ2) is 11.0. The molecule has 0 N–H and O–H groups in total. The molecule has 0 saturated carbocycles. The summed E-state index contributed by atoms with van der Waals surface area (Å²) >= 11 is 6.29. The van der Waals surface area contributed by atoms with Crippen LogP contribution in [0.3, 0.4) is 0 Å². The zero-order valence-corrected chi connectivity index (χ0v) is 16.7. The monoisotopic (exact) mass is 413 g/mol. The lowest BCUT2D eigenvalue weighted by Crippen LogP contribution is -2.68. The van der Waals surface area contributed by atoms with Gasteiger partial charge in [-0.1, -0.05) is 48.0 Å². The number of benzene rings is 2. The molecule has 0 aromatic heterocycles. The first-order chi connectivity index (χ1) is 12.6. The molecule has 0 unspecified atom stereocenters. The number of nitrogens with zero attached hydrogens (tertiary/aromatic N) is 1. The van der Waals surface area contributed by atoms with Crippen molar-refractivity contribution in [2.45, 2.75) is 6.92 Å². The third kappa shape index (κ3) is 10.1. The Hall–Kier alpha value is -1.93. The average molecular weight is 414 g/mol. The number of rotatable bonds is 5. The first kappa shape index (κ1) is 23.1. The van der Waals surface area contributed by atoms with Crippen LogP contribution in [0.25, 0.3) is 16.2 Å². The van der Waals surface area contributed by atoms with Crippen molar-refractivity contribution >= 4 is 22.8 Å². The van der Waals surface area contributed by atoms with E-state index in [1.165, 1.54) is 0 Å². The van der Waals surface area contributed by atoms with Crippen molar-refractivity contribution in [1.82, 2.24) is 0 Å². The van der Waals surface area contributed by atoms with Crippen molar-refractivity contribution < 1.29 is 38.2 Å². The lowest BCUT2D eigenvalue weighted by atomic mass is 10.0. The maximum atomic E-state index is 8.49. The first-order valence-electron chi connectivity index (χ1n) is 7.92. The molecule has 0 aliphatic rings. The Morgan fingerprint density at radius 3 is 1.81 bits per heavy atom. The topological polar surface area (TPSA) is 104 Å². The molecule has 0 amide bonds. The fourth-order valence-electron chi connectivity index (χ4n) is 2.04. The predicted octanol–water partition coefficient (Wildman–Crippen LogP) is -0.0811. The molecular weight excluding hydrogens is 393 g/mol. The van der Waals surface area contributed by atoms with E-state index >= 15 is 0 Å². The highest BCUT2D eigenvalue weighted by atomic mass is 35.7. The molecule has 0 aliphatic heterocycles. The summed E-state index contributed by atoms with van der Waals surface area (Å²) in [6.07, 6.45) is 3.83. The van der Waals surface area contributed by atoms with Crippen LogP contribution in [0.5, 0.6) is 5.75 Å². The van der Waals surface area contributed by atoms with Crippen molar-refractivity contribution in [2.24, 2.45) is 0 Å². The van der Waals surface area contributed by atoms with Gasteiger partial charge in [0.05, 0.1) is 11.6 Å². The molecule has 0 atom stereocenters. The van der Waals surface area contributed by atoms with E-state index < -0.39 is 10.2 Å². The van der Waals surface area contributed by atoms with Gasteiger partial charge < -0.3 is 4.74 Å². The fraction of sp³-hybridized carbons (Fsp3) is 0.211. The summed E-state index contributed by atoms with van der Waals surface area (Å²) in [6, 6.07) is 16.3. The first-order valence-corrected chi connectivity index (χ1v) is 9.54. The zero-order valence-electron chi connectivity index (χ0n) is 15.2.